The van der Waals surface area contributed by atoms with E-state index < -0.39 is 11.4 Å². The minimum atomic E-state index is -0.624. The van der Waals surface area contributed by atoms with E-state index >= 15 is 0 Å². The number of carboxylic acid groups (broad SMARTS) is 1. The molecule has 5 heteroatoms. The van der Waals surface area contributed by atoms with Crippen LogP contribution in [0.25, 0.3) is 0 Å². The van der Waals surface area contributed by atoms with Gasteiger partial charge in [0.05, 0.1) is 18.1 Å². The number of likely N-dealkylation sites (N-methyl/N-ethyl adjacent to an activating group) is 1. The smallest absolute Gasteiger partial charge is 0.310 e. The standard InChI is InChI=1S/C15H28N2O3/c1-3-5-15(14(18)19)6-7-17(12-15)11-13-10-16(4-2)8-9-20-13/h13H,3-12H2,1-2H3,(H,18,19). The van der Waals surface area contributed by atoms with E-state index in [0.717, 1.165) is 58.6 Å². The van der Waals surface area contributed by atoms with Crippen molar-refractivity contribution in [3.63, 3.8) is 0 Å². The van der Waals surface area contributed by atoms with Crippen LogP contribution in [0.4, 0.5) is 0 Å². The lowest BCUT2D eigenvalue weighted by Gasteiger charge is -2.34. The molecule has 0 aliphatic carbocycles. The van der Waals surface area contributed by atoms with Gasteiger partial charge in [0.25, 0.3) is 0 Å². The molecule has 2 aliphatic heterocycles. The normalized spacial score (nSPS) is 32.6. The summed E-state index contributed by atoms with van der Waals surface area (Å²) in [7, 11) is 0. The van der Waals surface area contributed by atoms with Crippen molar-refractivity contribution in [2.45, 2.75) is 39.2 Å². The molecule has 1 N–H and O–H groups in total. The average molecular weight is 284 g/mol. The zero-order valence-electron chi connectivity index (χ0n) is 12.8. The first-order valence-corrected chi connectivity index (χ1v) is 7.89. The SMILES string of the molecule is CCCC1(C(=O)O)CCN(CC2CN(CC)CCO2)C1. The van der Waals surface area contributed by atoms with Crippen molar-refractivity contribution < 1.29 is 14.6 Å². The molecule has 0 spiro atoms. The van der Waals surface area contributed by atoms with Crippen LogP contribution in [-0.4, -0.2) is 72.9 Å². The Morgan fingerprint density at radius 3 is 2.80 bits per heavy atom. The van der Waals surface area contributed by atoms with Gasteiger partial charge >= 0.3 is 5.97 Å². The highest BCUT2D eigenvalue weighted by molar-refractivity contribution is 5.75. The average Bonchev–Trinajstić information content (AvgIpc) is 2.84. The first-order valence-electron chi connectivity index (χ1n) is 7.89. The van der Waals surface area contributed by atoms with E-state index in [-0.39, 0.29) is 6.10 Å². The Hall–Kier alpha value is -0.650. The first kappa shape index (κ1) is 15.7. The van der Waals surface area contributed by atoms with Crippen LogP contribution in [0.3, 0.4) is 0 Å². The van der Waals surface area contributed by atoms with Crippen LogP contribution in [-0.2, 0) is 9.53 Å². The molecule has 20 heavy (non-hydrogen) atoms. The molecule has 0 saturated carbocycles. The number of rotatable bonds is 6. The Balaban J connectivity index is 1.87. The number of ether oxygens (including phenoxy) is 1. The summed E-state index contributed by atoms with van der Waals surface area (Å²) < 4.78 is 5.83. The van der Waals surface area contributed by atoms with Crippen molar-refractivity contribution in [1.82, 2.24) is 9.80 Å². The maximum Gasteiger partial charge on any atom is 0.310 e. The number of morpholine rings is 1. The van der Waals surface area contributed by atoms with Crippen molar-refractivity contribution in [1.29, 1.82) is 0 Å². The number of carboxylic acids is 1. The van der Waals surface area contributed by atoms with Gasteiger partial charge in [-0.1, -0.05) is 20.3 Å². The fourth-order valence-electron chi connectivity index (χ4n) is 3.54. The van der Waals surface area contributed by atoms with Crippen LogP contribution in [0.5, 0.6) is 0 Å². The number of likely N-dealkylation sites (tertiary alicyclic amines) is 1. The lowest BCUT2D eigenvalue weighted by atomic mass is 9.83. The third-order valence-corrected chi connectivity index (χ3v) is 4.75. The quantitative estimate of drug-likeness (QED) is 0.796. The molecule has 0 aromatic heterocycles. The Labute approximate surface area is 121 Å². The summed E-state index contributed by atoms with van der Waals surface area (Å²) in [4.78, 5) is 16.3. The Bertz CT molecular complexity index is 337. The summed E-state index contributed by atoms with van der Waals surface area (Å²) in [5, 5.41) is 9.53. The number of nitrogens with zero attached hydrogens (tertiary/aromatic N) is 2. The summed E-state index contributed by atoms with van der Waals surface area (Å²) in [5.74, 6) is -0.624. The molecule has 0 aromatic carbocycles. The van der Waals surface area contributed by atoms with Gasteiger partial charge in [-0.3, -0.25) is 14.6 Å². The van der Waals surface area contributed by atoms with E-state index in [1.807, 2.05) is 0 Å². The van der Waals surface area contributed by atoms with Crippen molar-refractivity contribution in [2.24, 2.45) is 5.41 Å². The van der Waals surface area contributed by atoms with E-state index in [2.05, 4.69) is 23.6 Å². The third-order valence-electron chi connectivity index (χ3n) is 4.75. The number of aliphatic carboxylic acids is 1. The van der Waals surface area contributed by atoms with Crippen molar-refractivity contribution in [3.8, 4) is 0 Å². The predicted octanol–water partition coefficient (Wildman–Crippen LogP) is 1.28. The molecule has 116 valence electrons. The van der Waals surface area contributed by atoms with Gasteiger partial charge in [0.1, 0.15) is 0 Å². The summed E-state index contributed by atoms with van der Waals surface area (Å²) >= 11 is 0. The van der Waals surface area contributed by atoms with E-state index in [4.69, 9.17) is 4.74 Å². The number of carbonyl (C=O) groups is 1. The van der Waals surface area contributed by atoms with Crippen molar-refractivity contribution in [2.75, 3.05) is 45.9 Å². The van der Waals surface area contributed by atoms with E-state index in [9.17, 15) is 9.90 Å². The minimum absolute atomic E-state index is 0.231. The molecular formula is C15H28N2O3. The summed E-state index contributed by atoms with van der Waals surface area (Å²) in [5.41, 5.74) is -0.520. The third kappa shape index (κ3) is 3.51. The van der Waals surface area contributed by atoms with Gasteiger partial charge in [-0.2, -0.15) is 0 Å². The van der Waals surface area contributed by atoms with Crippen LogP contribution in [0.1, 0.15) is 33.1 Å². The highest BCUT2D eigenvalue weighted by Crippen LogP contribution is 2.35. The zero-order chi connectivity index (χ0) is 14.6. The Morgan fingerprint density at radius 2 is 2.15 bits per heavy atom. The topological polar surface area (TPSA) is 53.0 Å². The monoisotopic (exact) mass is 284 g/mol. The zero-order valence-corrected chi connectivity index (χ0v) is 12.8. The number of hydrogen-bond acceptors (Lipinski definition) is 4. The first-order chi connectivity index (χ1) is 9.59. The molecule has 0 amide bonds. The van der Waals surface area contributed by atoms with Crippen molar-refractivity contribution >= 4 is 5.97 Å². The molecule has 0 bridgehead atoms. The van der Waals surface area contributed by atoms with Gasteiger partial charge < -0.3 is 9.84 Å². The summed E-state index contributed by atoms with van der Waals surface area (Å²) in [6, 6.07) is 0. The highest BCUT2D eigenvalue weighted by atomic mass is 16.5. The van der Waals surface area contributed by atoms with Crippen LogP contribution in [0, 0.1) is 5.41 Å². The minimum Gasteiger partial charge on any atom is -0.481 e. The van der Waals surface area contributed by atoms with Crippen LogP contribution in [0.15, 0.2) is 0 Å². The van der Waals surface area contributed by atoms with Crippen LogP contribution >= 0.6 is 0 Å². The van der Waals surface area contributed by atoms with Crippen LogP contribution < -0.4 is 0 Å². The molecule has 2 aliphatic rings. The molecule has 5 nitrogen and oxygen atoms in total. The van der Waals surface area contributed by atoms with Crippen LogP contribution in [0.2, 0.25) is 0 Å². The Morgan fingerprint density at radius 1 is 1.35 bits per heavy atom. The molecule has 0 radical (unpaired) electrons. The maximum absolute atomic E-state index is 11.6. The van der Waals surface area contributed by atoms with E-state index in [1.54, 1.807) is 0 Å². The molecule has 2 fully saturated rings. The fourth-order valence-corrected chi connectivity index (χ4v) is 3.54. The second-order valence-electron chi connectivity index (χ2n) is 6.21. The molecule has 2 unspecified atom stereocenters. The maximum atomic E-state index is 11.6. The second kappa shape index (κ2) is 6.87. The predicted molar refractivity (Wildman–Crippen MR) is 77.9 cm³/mol. The fraction of sp³-hybridized carbons (Fsp3) is 0.933. The lowest BCUT2D eigenvalue weighted by Crippen LogP contribution is -2.47. The summed E-state index contributed by atoms with van der Waals surface area (Å²) in [6.45, 7) is 10.5. The summed E-state index contributed by atoms with van der Waals surface area (Å²) in [6.07, 6.45) is 2.73. The molecule has 2 rings (SSSR count). The second-order valence-corrected chi connectivity index (χ2v) is 6.21. The number of hydrogen-bond donors (Lipinski definition) is 1. The van der Waals surface area contributed by atoms with Gasteiger partial charge in [0.2, 0.25) is 0 Å². The van der Waals surface area contributed by atoms with Gasteiger partial charge in [-0.25, -0.2) is 0 Å². The van der Waals surface area contributed by atoms with Crippen molar-refractivity contribution in [3.05, 3.63) is 0 Å². The van der Waals surface area contributed by atoms with E-state index in [0.29, 0.717) is 6.54 Å². The largest absolute Gasteiger partial charge is 0.481 e. The lowest BCUT2D eigenvalue weighted by molar-refractivity contribution is -0.148. The van der Waals surface area contributed by atoms with Gasteiger partial charge in [-0.15, -0.1) is 0 Å². The van der Waals surface area contributed by atoms with Gasteiger partial charge in [0.15, 0.2) is 0 Å². The van der Waals surface area contributed by atoms with Gasteiger partial charge in [0, 0.05) is 26.2 Å². The molecule has 2 atom stereocenters. The molecule has 0 aromatic rings. The molecule has 2 saturated heterocycles. The highest BCUT2D eigenvalue weighted by Gasteiger charge is 2.44. The molecular weight excluding hydrogens is 256 g/mol. The Kier molecular flexibility index (Phi) is 5.41. The van der Waals surface area contributed by atoms with Gasteiger partial charge in [-0.05, 0) is 25.9 Å². The van der Waals surface area contributed by atoms with E-state index in [1.165, 1.54) is 0 Å². The molecule has 2 heterocycles.